The van der Waals surface area contributed by atoms with Crippen LogP contribution in [0.3, 0.4) is 0 Å². The van der Waals surface area contributed by atoms with Crippen LogP contribution in [-0.4, -0.2) is 8.42 Å². The first-order valence-corrected chi connectivity index (χ1v) is 8.98. The second kappa shape index (κ2) is 6.51. The summed E-state index contributed by atoms with van der Waals surface area (Å²) in [6.45, 7) is 0. The van der Waals surface area contributed by atoms with E-state index in [2.05, 4.69) is 20.1 Å². The number of hydrogen-bond acceptors (Lipinski definition) is 3. The average molecular weight is 453 g/mol. The Morgan fingerprint density at radius 2 is 1.38 bits per heavy atom. The van der Waals surface area contributed by atoms with Crippen molar-refractivity contribution in [2.45, 2.75) is 4.90 Å². The van der Waals surface area contributed by atoms with Gasteiger partial charge in [0.15, 0.2) is 0 Å². The van der Waals surface area contributed by atoms with Crippen molar-refractivity contribution in [3.05, 3.63) is 70.0 Å². The lowest BCUT2D eigenvalue weighted by Gasteiger charge is -2.11. The summed E-state index contributed by atoms with van der Waals surface area (Å²) in [5.74, 6) is -13.7. The van der Waals surface area contributed by atoms with Crippen LogP contribution in [0.25, 0.3) is 10.8 Å². The highest BCUT2D eigenvalue weighted by atomic mass is 79.9. The molecule has 0 fully saturated rings. The van der Waals surface area contributed by atoms with Crippen LogP contribution in [0.5, 0.6) is 5.75 Å². The predicted octanol–water partition coefficient (Wildman–Crippen LogP) is 5.07. The van der Waals surface area contributed by atoms with Gasteiger partial charge in [-0.3, -0.25) is 0 Å². The van der Waals surface area contributed by atoms with Crippen LogP contribution in [0.4, 0.5) is 22.0 Å². The van der Waals surface area contributed by atoms with E-state index in [4.69, 9.17) is 0 Å². The molecule has 0 aliphatic heterocycles. The van der Waals surface area contributed by atoms with Crippen molar-refractivity contribution in [1.29, 1.82) is 0 Å². The number of halogens is 6. The van der Waals surface area contributed by atoms with Crippen LogP contribution < -0.4 is 4.18 Å². The molecule has 3 aromatic carbocycles. The summed E-state index contributed by atoms with van der Waals surface area (Å²) in [6.07, 6.45) is 0. The zero-order valence-electron chi connectivity index (χ0n) is 12.4. The molecule has 0 heterocycles. The summed E-state index contributed by atoms with van der Waals surface area (Å²) >= 11 is 3.27. The average Bonchev–Trinajstić information content (AvgIpc) is 2.62. The van der Waals surface area contributed by atoms with E-state index in [-0.39, 0.29) is 0 Å². The number of fused-ring (bicyclic) bond motifs is 1. The maximum atomic E-state index is 13.6. The van der Waals surface area contributed by atoms with E-state index in [1.165, 1.54) is 6.07 Å². The third-order valence-electron chi connectivity index (χ3n) is 3.45. The smallest absolute Gasteiger partial charge is 0.339 e. The fourth-order valence-electron chi connectivity index (χ4n) is 2.19. The van der Waals surface area contributed by atoms with E-state index >= 15 is 0 Å². The summed E-state index contributed by atoms with van der Waals surface area (Å²) in [5, 5.41) is 1.09. The minimum atomic E-state index is -4.86. The van der Waals surface area contributed by atoms with E-state index in [9.17, 15) is 30.4 Å². The number of rotatable bonds is 3. The second-order valence-electron chi connectivity index (χ2n) is 5.06. The van der Waals surface area contributed by atoms with Gasteiger partial charge in [-0.15, -0.1) is 0 Å². The van der Waals surface area contributed by atoms with Crippen molar-refractivity contribution in [3.63, 3.8) is 0 Å². The lowest BCUT2D eigenvalue weighted by atomic mass is 10.1. The molecule has 0 radical (unpaired) electrons. The second-order valence-corrected chi connectivity index (χ2v) is 7.46. The van der Waals surface area contributed by atoms with Gasteiger partial charge >= 0.3 is 10.1 Å². The van der Waals surface area contributed by atoms with Gasteiger partial charge in [-0.1, -0.05) is 34.1 Å². The van der Waals surface area contributed by atoms with Crippen LogP contribution in [0, 0.1) is 29.1 Å². The molecule has 0 atom stereocenters. The first-order valence-electron chi connectivity index (χ1n) is 6.77. The molecule has 0 spiro atoms. The van der Waals surface area contributed by atoms with Gasteiger partial charge < -0.3 is 4.18 Å². The van der Waals surface area contributed by atoms with Gasteiger partial charge in [-0.25, -0.2) is 13.2 Å². The highest BCUT2D eigenvalue weighted by Gasteiger charge is 2.31. The molecule has 3 nitrogen and oxygen atoms in total. The van der Waals surface area contributed by atoms with Crippen LogP contribution in [-0.2, 0) is 10.1 Å². The van der Waals surface area contributed by atoms with Crippen LogP contribution in [0.2, 0.25) is 0 Å². The summed E-state index contributed by atoms with van der Waals surface area (Å²) in [6, 6.07) is 8.51. The Bertz CT molecular complexity index is 1120. The largest absolute Gasteiger partial charge is 0.372 e. The molecule has 26 heavy (non-hydrogen) atoms. The first kappa shape index (κ1) is 18.6. The Hall–Kier alpha value is -2.20. The molecule has 0 bridgehead atoms. The molecule has 0 N–H and O–H groups in total. The van der Waals surface area contributed by atoms with Crippen molar-refractivity contribution in [2.24, 2.45) is 0 Å². The Morgan fingerprint density at radius 1 is 0.808 bits per heavy atom. The van der Waals surface area contributed by atoms with Crippen LogP contribution in [0.1, 0.15) is 0 Å². The topological polar surface area (TPSA) is 43.4 Å². The lowest BCUT2D eigenvalue weighted by molar-refractivity contribution is 0.346. The Balaban J connectivity index is 2.11. The maximum absolute atomic E-state index is 13.6. The fourth-order valence-corrected chi connectivity index (χ4v) is 3.68. The molecule has 3 aromatic rings. The van der Waals surface area contributed by atoms with Gasteiger partial charge in [0.05, 0.1) is 0 Å². The van der Waals surface area contributed by atoms with Crippen LogP contribution >= 0.6 is 15.9 Å². The minimum absolute atomic E-state index is 0.446. The van der Waals surface area contributed by atoms with Gasteiger partial charge in [0, 0.05) is 4.47 Å². The zero-order valence-corrected chi connectivity index (χ0v) is 14.8. The Kier molecular flexibility index (Phi) is 4.65. The van der Waals surface area contributed by atoms with E-state index < -0.39 is 49.8 Å². The number of hydrogen-bond donors (Lipinski definition) is 0. The SMILES string of the molecule is O=S(=O)(Oc1c(F)c(F)c(F)c(F)c1F)c1ccc2c(Br)cccc2c1. The normalized spacial score (nSPS) is 11.8. The molecule has 0 saturated heterocycles. The molecule has 0 aliphatic rings. The van der Waals surface area contributed by atoms with Crippen molar-refractivity contribution in [3.8, 4) is 5.75 Å². The third-order valence-corrected chi connectivity index (χ3v) is 5.36. The van der Waals surface area contributed by atoms with Gasteiger partial charge in [-0.2, -0.15) is 17.2 Å². The van der Waals surface area contributed by atoms with E-state index in [0.717, 1.165) is 12.1 Å². The summed E-state index contributed by atoms with van der Waals surface area (Å²) < 4.78 is 96.0. The summed E-state index contributed by atoms with van der Waals surface area (Å²) in [7, 11) is -4.86. The molecule has 0 aliphatic carbocycles. The van der Waals surface area contributed by atoms with Crippen molar-refractivity contribution in [2.75, 3.05) is 0 Å². The highest BCUT2D eigenvalue weighted by Crippen LogP contribution is 2.32. The van der Waals surface area contributed by atoms with Gasteiger partial charge in [0.1, 0.15) is 4.90 Å². The first-order chi connectivity index (χ1) is 12.1. The molecule has 0 saturated carbocycles. The van der Waals surface area contributed by atoms with Gasteiger partial charge in [0.25, 0.3) is 0 Å². The van der Waals surface area contributed by atoms with E-state index in [1.54, 1.807) is 18.2 Å². The zero-order chi connectivity index (χ0) is 19.2. The molecular weight excluding hydrogens is 447 g/mol. The standard InChI is InChI=1S/C16H6BrF5O3S/c17-10-3-1-2-7-6-8(4-5-9(7)10)26(23,24)25-16-14(21)12(19)11(18)13(20)15(16)22/h1-6H. The summed E-state index contributed by atoms with van der Waals surface area (Å²) in [4.78, 5) is -0.521. The number of benzene rings is 3. The lowest BCUT2D eigenvalue weighted by Crippen LogP contribution is -2.14. The van der Waals surface area contributed by atoms with Crippen molar-refractivity contribution < 1.29 is 34.6 Å². The summed E-state index contributed by atoms with van der Waals surface area (Å²) in [5.41, 5.74) is 0. The molecule has 10 heteroatoms. The Labute approximate surface area is 152 Å². The molecule has 0 amide bonds. The maximum Gasteiger partial charge on any atom is 0.339 e. The minimum Gasteiger partial charge on any atom is -0.372 e. The molecule has 3 rings (SSSR count). The van der Waals surface area contributed by atoms with E-state index in [0.29, 0.717) is 15.2 Å². The monoisotopic (exact) mass is 452 g/mol. The van der Waals surface area contributed by atoms with Crippen molar-refractivity contribution in [1.82, 2.24) is 0 Å². The van der Waals surface area contributed by atoms with Crippen LogP contribution in [0.15, 0.2) is 45.8 Å². The highest BCUT2D eigenvalue weighted by molar-refractivity contribution is 9.10. The molecular formula is C16H6BrF5O3S. The van der Waals surface area contributed by atoms with E-state index in [1.807, 2.05) is 0 Å². The fraction of sp³-hybridized carbons (Fsp3) is 0. The third kappa shape index (κ3) is 3.03. The van der Waals surface area contributed by atoms with Gasteiger partial charge in [0.2, 0.25) is 34.8 Å². The van der Waals surface area contributed by atoms with Gasteiger partial charge in [-0.05, 0) is 29.0 Å². The Morgan fingerprint density at radius 3 is 2.00 bits per heavy atom. The predicted molar refractivity (Wildman–Crippen MR) is 85.7 cm³/mol. The quantitative estimate of drug-likeness (QED) is 0.241. The molecule has 0 aromatic heterocycles. The van der Waals surface area contributed by atoms with Crippen molar-refractivity contribution >= 4 is 36.8 Å². The molecule has 0 unspecified atom stereocenters. The molecule has 136 valence electrons.